The first-order chi connectivity index (χ1) is 4.98. The number of carbonyl (C=O) groups is 1. The molecule has 1 N–H and O–H groups in total. The summed E-state index contributed by atoms with van der Waals surface area (Å²) in [6.07, 6.45) is 1.73. The smallest absolute Gasteiger partial charge is 0.131 e. The summed E-state index contributed by atoms with van der Waals surface area (Å²) in [6, 6.07) is 0. The lowest BCUT2D eigenvalue weighted by molar-refractivity contribution is -0.116. The number of ketones is 1. The highest BCUT2D eigenvalue weighted by Crippen LogP contribution is 2.05. The third-order valence-electron chi connectivity index (χ3n) is 1.96. The van der Waals surface area contributed by atoms with Crippen LogP contribution in [0.5, 0.6) is 0 Å². The standard InChI is InChI=1S/C9H19NO/c1-5-9(3,4)10-7-6-8(2)11/h10H,5-7H2,1-4H3. The summed E-state index contributed by atoms with van der Waals surface area (Å²) < 4.78 is 0. The molecule has 66 valence electrons. The Bertz CT molecular complexity index is 130. The van der Waals surface area contributed by atoms with Gasteiger partial charge in [-0.15, -0.1) is 0 Å². The van der Waals surface area contributed by atoms with Crippen molar-refractivity contribution < 1.29 is 4.79 Å². The Balaban J connectivity index is 3.45. The molecule has 2 heteroatoms. The van der Waals surface area contributed by atoms with E-state index in [-0.39, 0.29) is 11.3 Å². The van der Waals surface area contributed by atoms with Crippen LogP contribution in [0.2, 0.25) is 0 Å². The van der Waals surface area contributed by atoms with Crippen LogP contribution in [0.4, 0.5) is 0 Å². The molecule has 0 saturated heterocycles. The maximum atomic E-state index is 10.6. The molecule has 0 heterocycles. The molecule has 0 aromatic rings. The van der Waals surface area contributed by atoms with Crippen molar-refractivity contribution in [2.75, 3.05) is 6.54 Å². The minimum atomic E-state index is 0.176. The summed E-state index contributed by atoms with van der Waals surface area (Å²) in [5.74, 6) is 0.254. The van der Waals surface area contributed by atoms with Crippen LogP contribution >= 0.6 is 0 Å². The van der Waals surface area contributed by atoms with E-state index in [1.807, 2.05) is 0 Å². The van der Waals surface area contributed by atoms with E-state index in [0.29, 0.717) is 6.42 Å². The van der Waals surface area contributed by atoms with E-state index in [1.165, 1.54) is 0 Å². The third kappa shape index (κ3) is 6.05. The van der Waals surface area contributed by atoms with Gasteiger partial charge in [-0.25, -0.2) is 0 Å². The number of Topliss-reactive ketones (excluding diaryl/α,β-unsaturated/α-hetero) is 1. The maximum absolute atomic E-state index is 10.6. The molecule has 0 atom stereocenters. The van der Waals surface area contributed by atoms with Gasteiger partial charge in [0.25, 0.3) is 0 Å². The zero-order valence-electron chi connectivity index (χ0n) is 8.03. The molecular weight excluding hydrogens is 138 g/mol. The summed E-state index contributed by atoms with van der Waals surface area (Å²) in [5, 5.41) is 3.32. The molecular formula is C9H19NO. The lowest BCUT2D eigenvalue weighted by atomic mass is 10.0. The second-order valence-electron chi connectivity index (χ2n) is 3.62. The first kappa shape index (κ1) is 10.6. The largest absolute Gasteiger partial charge is 0.311 e. The van der Waals surface area contributed by atoms with Crippen molar-refractivity contribution in [3.05, 3.63) is 0 Å². The first-order valence-electron chi connectivity index (χ1n) is 4.22. The van der Waals surface area contributed by atoms with E-state index in [1.54, 1.807) is 6.92 Å². The SMILES string of the molecule is CCC(C)(C)NCCC(C)=O. The average Bonchev–Trinajstić information content (AvgIpc) is 1.87. The van der Waals surface area contributed by atoms with Gasteiger partial charge in [-0.2, -0.15) is 0 Å². The number of rotatable bonds is 5. The fourth-order valence-corrected chi connectivity index (χ4v) is 0.702. The van der Waals surface area contributed by atoms with Gasteiger partial charge in [0.15, 0.2) is 0 Å². The molecule has 0 unspecified atom stereocenters. The van der Waals surface area contributed by atoms with Crippen molar-refractivity contribution in [3.63, 3.8) is 0 Å². The van der Waals surface area contributed by atoms with E-state index >= 15 is 0 Å². The van der Waals surface area contributed by atoms with Gasteiger partial charge in [-0.1, -0.05) is 6.92 Å². The van der Waals surface area contributed by atoms with Crippen LogP contribution in [-0.2, 0) is 4.79 Å². The Labute approximate surface area is 69.4 Å². The molecule has 0 fully saturated rings. The van der Waals surface area contributed by atoms with Crippen LogP contribution in [0.3, 0.4) is 0 Å². The van der Waals surface area contributed by atoms with Crippen molar-refractivity contribution in [1.29, 1.82) is 0 Å². The van der Waals surface area contributed by atoms with Crippen LogP contribution in [0.1, 0.15) is 40.5 Å². The fraction of sp³-hybridized carbons (Fsp3) is 0.889. The number of hydrogen-bond acceptors (Lipinski definition) is 2. The predicted molar refractivity (Wildman–Crippen MR) is 47.7 cm³/mol. The van der Waals surface area contributed by atoms with Crippen molar-refractivity contribution >= 4 is 5.78 Å². The fourth-order valence-electron chi connectivity index (χ4n) is 0.702. The minimum absolute atomic E-state index is 0.176. The Morgan fingerprint density at radius 2 is 2.00 bits per heavy atom. The van der Waals surface area contributed by atoms with Crippen LogP contribution < -0.4 is 5.32 Å². The normalized spacial score (nSPS) is 11.6. The molecule has 2 nitrogen and oxygen atoms in total. The molecule has 0 radical (unpaired) electrons. The molecule has 11 heavy (non-hydrogen) atoms. The maximum Gasteiger partial charge on any atom is 0.131 e. The van der Waals surface area contributed by atoms with Crippen molar-refractivity contribution in [1.82, 2.24) is 5.32 Å². The third-order valence-corrected chi connectivity index (χ3v) is 1.96. The van der Waals surface area contributed by atoms with E-state index in [0.717, 1.165) is 13.0 Å². The second-order valence-corrected chi connectivity index (χ2v) is 3.62. The Kier molecular flexibility index (Phi) is 4.34. The molecule has 0 aliphatic carbocycles. The Morgan fingerprint density at radius 1 is 1.45 bits per heavy atom. The quantitative estimate of drug-likeness (QED) is 0.658. The average molecular weight is 157 g/mol. The molecule has 0 saturated carbocycles. The highest BCUT2D eigenvalue weighted by Gasteiger charge is 2.12. The number of hydrogen-bond donors (Lipinski definition) is 1. The second kappa shape index (κ2) is 4.50. The van der Waals surface area contributed by atoms with Gasteiger partial charge in [0.05, 0.1) is 0 Å². The van der Waals surface area contributed by atoms with Crippen molar-refractivity contribution in [3.8, 4) is 0 Å². The molecule has 0 aromatic carbocycles. The summed E-state index contributed by atoms with van der Waals surface area (Å²) >= 11 is 0. The van der Waals surface area contributed by atoms with Gasteiger partial charge in [0.1, 0.15) is 5.78 Å². The topological polar surface area (TPSA) is 29.1 Å². The number of nitrogens with one attached hydrogen (secondary N) is 1. The van der Waals surface area contributed by atoms with Gasteiger partial charge < -0.3 is 5.32 Å². The highest BCUT2D eigenvalue weighted by atomic mass is 16.1. The molecule has 0 spiro atoms. The predicted octanol–water partition coefficient (Wildman–Crippen LogP) is 1.74. The molecule has 0 bridgehead atoms. The van der Waals surface area contributed by atoms with Crippen molar-refractivity contribution in [2.45, 2.75) is 46.1 Å². The summed E-state index contributed by atoms with van der Waals surface area (Å²) in [6.45, 7) is 8.86. The van der Waals surface area contributed by atoms with Crippen LogP contribution in [0.25, 0.3) is 0 Å². The lowest BCUT2D eigenvalue weighted by Gasteiger charge is -2.24. The Hall–Kier alpha value is -0.370. The minimum Gasteiger partial charge on any atom is -0.311 e. The molecule has 0 amide bonds. The van der Waals surface area contributed by atoms with E-state index in [2.05, 4.69) is 26.1 Å². The zero-order chi connectivity index (χ0) is 8.91. The first-order valence-corrected chi connectivity index (χ1v) is 4.22. The van der Waals surface area contributed by atoms with Crippen molar-refractivity contribution in [2.24, 2.45) is 0 Å². The molecule has 0 aliphatic heterocycles. The monoisotopic (exact) mass is 157 g/mol. The Morgan fingerprint density at radius 3 is 2.36 bits per heavy atom. The lowest BCUT2D eigenvalue weighted by Crippen LogP contribution is -2.39. The van der Waals surface area contributed by atoms with E-state index < -0.39 is 0 Å². The summed E-state index contributed by atoms with van der Waals surface area (Å²) in [7, 11) is 0. The van der Waals surface area contributed by atoms with Gasteiger partial charge in [0, 0.05) is 18.5 Å². The molecule has 0 aliphatic rings. The van der Waals surface area contributed by atoms with Gasteiger partial charge in [-0.3, -0.25) is 4.79 Å². The van der Waals surface area contributed by atoms with Crippen LogP contribution in [0, 0.1) is 0 Å². The van der Waals surface area contributed by atoms with Gasteiger partial charge in [-0.05, 0) is 27.2 Å². The summed E-state index contributed by atoms with van der Waals surface area (Å²) in [5.41, 5.74) is 0.176. The summed E-state index contributed by atoms with van der Waals surface area (Å²) in [4.78, 5) is 10.6. The van der Waals surface area contributed by atoms with E-state index in [9.17, 15) is 4.79 Å². The van der Waals surface area contributed by atoms with Gasteiger partial charge >= 0.3 is 0 Å². The molecule has 0 rings (SSSR count). The molecule has 0 aromatic heterocycles. The van der Waals surface area contributed by atoms with Crippen LogP contribution in [0.15, 0.2) is 0 Å². The zero-order valence-corrected chi connectivity index (χ0v) is 8.03. The number of carbonyl (C=O) groups excluding carboxylic acids is 1. The van der Waals surface area contributed by atoms with Crippen LogP contribution in [-0.4, -0.2) is 17.9 Å². The van der Waals surface area contributed by atoms with E-state index in [4.69, 9.17) is 0 Å². The van der Waals surface area contributed by atoms with Gasteiger partial charge in [0.2, 0.25) is 0 Å². The highest BCUT2D eigenvalue weighted by molar-refractivity contribution is 5.75.